The number of amides is 8. The van der Waals surface area contributed by atoms with Gasteiger partial charge in [-0.25, -0.2) is 0 Å². The summed E-state index contributed by atoms with van der Waals surface area (Å²) in [5, 5.41) is 40.7. The van der Waals surface area contributed by atoms with Crippen molar-refractivity contribution in [2.45, 2.75) is 125 Å². The molecular weight excluding hydrogens is 1110 g/mol. The van der Waals surface area contributed by atoms with E-state index in [2.05, 4.69) is 36.8 Å². The van der Waals surface area contributed by atoms with Gasteiger partial charge in [-0.3, -0.25) is 57.7 Å². The van der Waals surface area contributed by atoms with E-state index >= 15 is 0 Å². The predicted molar refractivity (Wildman–Crippen MR) is 292 cm³/mol. The molecule has 9 aliphatic rings. The maximum absolute atomic E-state index is 14.9. The van der Waals surface area contributed by atoms with Crippen LogP contribution in [0.2, 0.25) is 0 Å². The van der Waals surface area contributed by atoms with Crippen molar-refractivity contribution in [1.29, 1.82) is 0 Å². The number of nitrogens with zero attached hydrogens (tertiary/aromatic N) is 2. The second-order valence-corrected chi connectivity index (χ2v) is 23.3. The zero-order valence-electron chi connectivity index (χ0n) is 47.1. The van der Waals surface area contributed by atoms with Crippen molar-refractivity contribution in [3.8, 4) is 17.2 Å². The minimum absolute atomic E-state index is 0.0254. The number of phenolic OH excluding ortho intramolecular Hbond substituents is 2. The number of fused-ring (bicyclic) bond motifs is 6. The van der Waals surface area contributed by atoms with Crippen LogP contribution in [0.1, 0.15) is 107 Å². The van der Waals surface area contributed by atoms with Gasteiger partial charge in [0.2, 0.25) is 41.2 Å². The number of hydrogen-bond acceptors (Lipinski definition) is 19. The Labute approximate surface area is 486 Å². The van der Waals surface area contributed by atoms with E-state index in [4.69, 9.17) is 28.4 Å². The number of ketones is 2. The number of morpholine rings is 1. The lowest BCUT2D eigenvalue weighted by molar-refractivity contribution is -0.255. The van der Waals surface area contributed by atoms with Gasteiger partial charge in [-0.1, -0.05) is 49.4 Å². The van der Waals surface area contributed by atoms with E-state index in [1.165, 1.54) is 19.2 Å². The van der Waals surface area contributed by atoms with Gasteiger partial charge in [-0.05, 0) is 50.7 Å². The fraction of sp³-hybridized carbons (Fsp3) is 0.492. The quantitative estimate of drug-likeness (QED) is 0.0417. The second-order valence-electron chi connectivity index (χ2n) is 23.3. The number of carbonyl (C=O) groups excluding carboxylic acids is 10. The normalized spacial score (nSPS) is 28.9. The van der Waals surface area contributed by atoms with Gasteiger partial charge in [0.15, 0.2) is 24.6 Å². The number of hydrogen-bond donors (Lipinski definition) is 8. The summed E-state index contributed by atoms with van der Waals surface area (Å²) in [5.74, 6) is -7.27. The number of nitrogens with one attached hydrogen (secondary N) is 6. The van der Waals surface area contributed by atoms with Crippen molar-refractivity contribution in [2.24, 2.45) is 5.41 Å². The van der Waals surface area contributed by atoms with Crippen LogP contribution >= 0.6 is 0 Å². The number of aromatic hydroxyl groups is 2. The van der Waals surface area contributed by atoms with Gasteiger partial charge in [0.1, 0.15) is 29.4 Å². The fourth-order valence-electron chi connectivity index (χ4n) is 13.5. The number of imide groups is 1. The molecule has 3 aromatic carbocycles. The standard InChI is InChI=1S/C59H66N8O18/c1-29-52-34(66-17-18-82-55(81-4)54(66)85-52)20-43(83-29)84-36-22-57(2,21-32-45(36)51(77)47-46(49(32)75)48(74)31-11-8-12-35(80-3)44(31)50(47)76)56(79)65-59-26-58(27-59,28-59)64-40(71)25-62-53(78)33(19-30-9-6-5-7-10-30)63-39(70)24-61-38(69)23-60-37(68)15-16-67-41(72)13-14-42(67)73/h5-14,29,33-34,36,43,52,54-55,75,77H,15-28H2,1-4H3,(H,60,68)(H,61,69)(H,62,78)(H,63,70)(H,64,71)(H,65,79)/t29-,33-,34-,36-,43-,52+,54+,55-,57+,58?,59?/m0/s1. The van der Waals surface area contributed by atoms with Gasteiger partial charge >= 0.3 is 0 Å². The molecule has 5 aliphatic carbocycles. The molecule has 2 bridgehead atoms. The summed E-state index contributed by atoms with van der Waals surface area (Å²) in [4.78, 5) is 135. The summed E-state index contributed by atoms with van der Waals surface area (Å²) < 4.78 is 36.6. The SMILES string of the molecule is COc1cccc2c1C(=O)c1c(O)c3c(c(O)c1C2=O)C[C@@](C)(C(=O)NC12CC(NC(=O)CNC(=O)[C@H](Cc4ccccc4)NC(=O)CNC(=O)CNC(=O)CCN4C(=O)C=CC4=O)(C1)C2)C[C@@H]3O[C@H]1C[C@H]2[C@H](O[C@@H]3[C@@H](OC)OCCN32)[C@H](C)O1. The lowest BCUT2D eigenvalue weighted by atomic mass is 9.44. The highest BCUT2D eigenvalue weighted by atomic mass is 16.7. The van der Waals surface area contributed by atoms with Crippen LogP contribution < -0.4 is 36.6 Å². The number of ether oxygens (including phenoxy) is 6. The molecule has 4 aliphatic heterocycles. The molecule has 0 aromatic heterocycles. The maximum Gasteiger partial charge on any atom is 0.253 e. The van der Waals surface area contributed by atoms with E-state index in [1.807, 2.05) is 6.92 Å². The van der Waals surface area contributed by atoms with Crippen molar-refractivity contribution in [3.63, 3.8) is 0 Å². The molecule has 0 spiro atoms. The Morgan fingerprint density at radius 2 is 1.46 bits per heavy atom. The molecule has 3 aromatic rings. The average molecular weight is 1180 g/mol. The first kappa shape index (κ1) is 58.6. The lowest BCUT2D eigenvalue weighted by Gasteiger charge is -2.70. The Balaban J connectivity index is 0.725. The van der Waals surface area contributed by atoms with Gasteiger partial charge in [0.25, 0.3) is 11.8 Å². The minimum Gasteiger partial charge on any atom is -0.507 e. The topological polar surface area (TPSA) is 345 Å². The number of phenols is 2. The summed E-state index contributed by atoms with van der Waals surface area (Å²) in [6, 6.07) is 11.9. The molecule has 3 saturated heterocycles. The van der Waals surface area contributed by atoms with E-state index < -0.39 is 155 Å². The lowest BCUT2D eigenvalue weighted by Crippen LogP contribution is -2.84. The summed E-state index contributed by atoms with van der Waals surface area (Å²) in [6.45, 7) is 2.81. The molecule has 85 heavy (non-hydrogen) atoms. The molecule has 4 heterocycles. The van der Waals surface area contributed by atoms with E-state index in [-0.39, 0.29) is 72.4 Å². The van der Waals surface area contributed by atoms with Crippen LogP contribution in [0.5, 0.6) is 17.2 Å². The van der Waals surface area contributed by atoms with Gasteiger partial charge in [0, 0.05) is 85.4 Å². The van der Waals surface area contributed by atoms with Crippen LogP contribution in [0.15, 0.2) is 60.7 Å². The minimum atomic E-state index is -1.36. The largest absolute Gasteiger partial charge is 0.507 e. The van der Waals surface area contributed by atoms with E-state index in [0.29, 0.717) is 44.4 Å². The van der Waals surface area contributed by atoms with Crippen molar-refractivity contribution in [3.05, 3.63) is 99.6 Å². The fourth-order valence-corrected chi connectivity index (χ4v) is 13.5. The number of benzene rings is 3. The third-order valence-corrected chi connectivity index (χ3v) is 17.5. The van der Waals surface area contributed by atoms with Gasteiger partial charge in [0.05, 0.1) is 67.7 Å². The third kappa shape index (κ3) is 11.1. The molecule has 26 nitrogen and oxygen atoms in total. The molecule has 26 heteroatoms. The van der Waals surface area contributed by atoms with Crippen LogP contribution in [0.4, 0.5) is 0 Å². The molecule has 6 fully saturated rings. The zero-order chi connectivity index (χ0) is 60.3. The van der Waals surface area contributed by atoms with Crippen LogP contribution in [0, 0.1) is 5.41 Å². The van der Waals surface area contributed by atoms with Crippen LogP contribution in [-0.2, 0) is 74.9 Å². The molecule has 0 unspecified atom stereocenters. The van der Waals surface area contributed by atoms with Crippen LogP contribution in [0.25, 0.3) is 0 Å². The molecule has 3 saturated carbocycles. The first-order valence-corrected chi connectivity index (χ1v) is 28.2. The highest BCUT2D eigenvalue weighted by Crippen LogP contribution is 2.61. The monoisotopic (exact) mass is 1170 g/mol. The molecular formula is C59H66N8O18. The Morgan fingerprint density at radius 3 is 2.18 bits per heavy atom. The molecule has 12 rings (SSSR count). The Morgan fingerprint density at radius 1 is 0.776 bits per heavy atom. The molecule has 9 atom stereocenters. The number of carbonyl (C=O) groups is 10. The first-order valence-electron chi connectivity index (χ1n) is 28.2. The Hall–Kier alpha value is -8.14. The second kappa shape index (κ2) is 23.0. The van der Waals surface area contributed by atoms with E-state index in [1.54, 1.807) is 50.4 Å². The highest BCUT2D eigenvalue weighted by Gasteiger charge is 2.70. The number of rotatable bonds is 20. The van der Waals surface area contributed by atoms with E-state index in [0.717, 1.165) is 17.1 Å². The molecule has 8 N–H and O–H groups in total. The van der Waals surface area contributed by atoms with Gasteiger partial charge in [-0.15, -0.1) is 0 Å². The maximum atomic E-state index is 14.9. The Bertz CT molecular complexity index is 3300. The van der Waals surface area contributed by atoms with Gasteiger partial charge in [-0.2, -0.15) is 0 Å². The number of methoxy groups -OCH3 is 2. The first-order chi connectivity index (χ1) is 40.6. The predicted octanol–water partition coefficient (Wildman–Crippen LogP) is -0.276. The highest BCUT2D eigenvalue weighted by molar-refractivity contribution is 6.31. The smallest absolute Gasteiger partial charge is 0.253 e. The Kier molecular flexibility index (Phi) is 15.9. The van der Waals surface area contributed by atoms with Crippen molar-refractivity contribution < 1.29 is 86.6 Å². The summed E-state index contributed by atoms with van der Waals surface area (Å²) in [6.07, 6.45) is -1.01. The summed E-state index contributed by atoms with van der Waals surface area (Å²) in [7, 11) is 2.89. The average Bonchev–Trinajstić information content (AvgIpc) is 1.21. The molecule has 0 radical (unpaired) electrons. The molecule has 8 amide bonds. The van der Waals surface area contributed by atoms with Crippen LogP contribution in [-0.4, -0.2) is 187 Å². The van der Waals surface area contributed by atoms with Gasteiger partial charge < -0.3 is 70.5 Å². The zero-order valence-corrected chi connectivity index (χ0v) is 47.1. The van der Waals surface area contributed by atoms with Crippen molar-refractivity contribution in [1.82, 2.24) is 41.7 Å². The summed E-state index contributed by atoms with van der Waals surface area (Å²) in [5.41, 5.74) is -2.89. The van der Waals surface area contributed by atoms with Crippen LogP contribution in [0.3, 0.4) is 0 Å². The van der Waals surface area contributed by atoms with Crippen molar-refractivity contribution in [2.75, 3.05) is 53.6 Å². The molecule has 450 valence electrons. The summed E-state index contributed by atoms with van der Waals surface area (Å²) >= 11 is 0. The van der Waals surface area contributed by atoms with E-state index in [9.17, 15) is 58.2 Å². The third-order valence-electron chi connectivity index (χ3n) is 17.5. The van der Waals surface area contributed by atoms with Crippen molar-refractivity contribution >= 4 is 58.8 Å².